The predicted molar refractivity (Wildman–Crippen MR) is 134 cm³/mol. The monoisotopic (exact) mass is 482 g/mol. The van der Waals surface area contributed by atoms with E-state index in [0.717, 1.165) is 33.3 Å². The third kappa shape index (κ3) is 3.45. The van der Waals surface area contributed by atoms with Crippen LogP contribution in [0.1, 0.15) is 53.1 Å². The van der Waals surface area contributed by atoms with E-state index < -0.39 is 11.6 Å². The second-order valence-corrected chi connectivity index (χ2v) is 10.0. The van der Waals surface area contributed by atoms with Crippen LogP contribution in [0, 0.1) is 13.8 Å². The SMILES string of the molecule is CCC1(O)CC(=O)OCc2c1cc1n(c2=O)Cc2c-1nc1ccc(C)cc1c2C[n+]1cccc(C)c1. The van der Waals surface area contributed by atoms with Gasteiger partial charge in [0, 0.05) is 28.1 Å². The van der Waals surface area contributed by atoms with Crippen LogP contribution in [0.25, 0.3) is 22.3 Å². The number of carbonyl (C=O) groups excluding carboxylic acids is 1. The van der Waals surface area contributed by atoms with Gasteiger partial charge in [-0.2, -0.15) is 0 Å². The number of nitrogens with zero attached hydrogens (tertiary/aromatic N) is 3. The normalized spacial score (nSPS) is 18.4. The quantitative estimate of drug-likeness (QED) is 0.315. The average Bonchev–Trinajstić information content (AvgIpc) is 3.15. The summed E-state index contributed by atoms with van der Waals surface area (Å²) in [6.45, 7) is 6.84. The minimum atomic E-state index is -1.45. The lowest BCUT2D eigenvalue weighted by Crippen LogP contribution is -2.34. The van der Waals surface area contributed by atoms with Gasteiger partial charge in [-0.15, -0.1) is 0 Å². The summed E-state index contributed by atoms with van der Waals surface area (Å²) >= 11 is 0. The molecule has 0 saturated heterocycles. The number of rotatable bonds is 3. The van der Waals surface area contributed by atoms with E-state index in [0.29, 0.717) is 36.3 Å². The van der Waals surface area contributed by atoms with E-state index in [1.54, 1.807) is 4.57 Å². The standard InChI is InChI=1S/C29H28N3O4/c1-4-29(35)12-26(33)36-16-22-23(29)11-25-27-21(15-32(25)28(22)34)20(14-31-9-5-6-18(3)13-31)19-10-17(2)7-8-24(19)30-27/h5-11,13,35H,4,12,14-16H2,1-3H3/q+1. The molecule has 5 heterocycles. The molecule has 0 fully saturated rings. The number of pyridine rings is 3. The van der Waals surface area contributed by atoms with E-state index in [2.05, 4.69) is 36.7 Å². The third-order valence-corrected chi connectivity index (χ3v) is 7.57. The topological polar surface area (TPSA) is 85.3 Å². The van der Waals surface area contributed by atoms with E-state index in [4.69, 9.17) is 9.72 Å². The molecule has 1 aromatic carbocycles. The molecule has 0 aliphatic carbocycles. The minimum absolute atomic E-state index is 0.132. The highest BCUT2D eigenvalue weighted by Crippen LogP contribution is 2.40. The van der Waals surface area contributed by atoms with E-state index >= 15 is 0 Å². The van der Waals surface area contributed by atoms with Crippen LogP contribution in [0.4, 0.5) is 0 Å². The summed E-state index contributed by atoms with van der Waals surface area (Å²) in [6, 6.07) is 12.2. The van der Waals surface area contributed by atoms with Crippen molar-refractivity contribution in [3.8, 4) is 11.4 Å². The van der Waals surface area contributed by atoms with Crippen LogP contribution in [-0.2, 0) is 34.8 Å². The molecule has 2 aliphatic heterocycles. The van der Waals surface area contributed by atoms with Crippen LogP contribution in [0.15, 0.2) is 53.6 Å². The zero-order valence-electron chi connectivity index (χ0n) is 20.7. The molecule has 1 N–H and O–H groups in total. The highest BCUT2D eigenvalue weighted by molar-refractivity contribution is 5.88. The summed E-state index contributed by atoms with van der Waals surface area (Å²) in [4.78, 5) is 30.9. The Bertz CT molecular complexity index is 1640. The van der Waals surface area contributed by atoms with Crippen LogP contribution in [-0.4, -0.2) is 20.6 Å². The molecule has 0 amide bonds. The van der Waals surface area contributed by atoms with Gasteiger partial charge in [0.05, 0.1) is 35.4 Å². The van der Waals surface area contributed by atoms with E-state index in [1.165, 1.54) is 5.56 Å². The Kier molecular flexibility index (Phi) is 5.09. The number of esters is 1. The van der Waals surface area contributed by atoms with Gasteiger partial charge in [-0.3, -0.25) is 9.59 Å². The van der Waals surface area contributed by atoms with Crippen LogP contribution < -0.4 is 10.1 Å². The number of benzene rings is 1. The van der Waals surface area contributed by atoms with Gasteiger partial charge in [0.15, 0.2) is 18.9 Å². The maximum Gasteiger partial charge on any atom is 0.309 e. The van der Waals surface area contributed by atoms with Gasteiger partial charge in [0.2, 0.25) is 0 Å². The second kappa shape index (κ2) is 8.10. The van der Waals surface area contributed by atoms with Gasteiger partial charge in [-0.1, -0.05) is 18.6 Å². The molecule has 7 heteroatoms. The first-order valence-electron chi connectivity index (χ1n) is 12.3. The third-order valence-electron chi connectivity index (χ3n) is 7.57. The molecule has 2 aliphatic rings. The fraction of sp³-hybridized carbons (Fsp3) is 0.310. The van der Waals surface area contributed by atoms with Crippen molar-refractivity contribution >= 4 is 16.9 Å². The van der Waals surface area contributed by atoms with Gasteiger partial charge in [-0.05, 0) is 50.1 Å². The number of cyclic esters (lactones) is 1. The van der Waals surface area contributed by atoms with Gasteiger partial charge in [0.25, 0.3) is 5.56 Å². The first-order valence-corrected chi connectivity index (χ1v) is 12.3. The summed E-state index contributed by atoms with van der Waals surface area (Å²) < 4.78 is 9.17. The molecule has 36 heavy (non-hydrogen) atoms. The van der Waals surface area contributed by atoms with E-state index in [9.17, 15) is 14.7 Å². The first-order chi connectivity index (χ1) is 17.3. The lowest BCUT2D eigenvalue weighted by atomic mass is 9.85. The van der Waals surface area contributed by atoms with Crippen molar-refractivity contribution in [3.63, 3.8) is 0 Å². The number of aliphatic hydroxyl groups is 1. The highest BCUT2D eigenvalue weighted by Gasteiger charge is 2.40. The number of carbonyl (C=O) groups is 1. The van der Waals surface area contributed by atoms with Crippen molar-refractivity contribution < 1.29 is 19.2 Å². The summed E-state index contributed by atoms with van der Waals surface area (Å²) in [5.74, 6) is -0.502. The summed E-state index contributed by atoms with van der Waals surface area (Å²) in [7, 11) is 0. The maximum absolute atomic E-state index is 13.7. The second-order valence-electron chi connectivity index (χ2n) is 10.0. The fourth-order valence-corrected chi connectivity index (χ4v) is 5.59. The molecule has 4 aromatic rings. The highest BCUT2D eigenvalue weighted by atomic mass is 16.5. The molecule has 0 bridgehead atoms. The zero-order valence-corrected chi connectivity index (χ0v) is 20.7. The molecule has 1 unspecified atom stereocenters. The number of ether oxygens (including phenoxy) is 1. The van der Waals surface area contributed by atoms with Gasteiger partial charge in [-0.25, -0.2) is 9.55 Å². The number of hydrogen-bond donors (Lipinski definition) is 1. The number of aromatic nitrogens is 3. The molecule has 0 spiro atoms. The minimum Gasteiger partial charge on any atom is -0.460 e. The van der Waals surface area contributed by atoms with Crippen molar-refractivity contribution in [2.45, 2.75) is 58.9 Å². The van der Waals surface area contributed by atoms with Gasteiger partial charge < -0.3 is 14.4 Å². The molecule has 7 nitrogen and oxygen atoms in total. The molecule has 6 rings (SSSR count). The van der Waals surface area contributed by atoms with Crippen molar-refractivity contribution in [2.75, 3.05) is 0 Å². The van der Waals surface area contributed by atoms with Crippen LogP contribution in [0.3, 0.4) is 0 Å². The largest absolute Gasteiger partial charge is 0.460 e. The van der Waals surface area contributed by atoms with Crippen LogP contribution in [0.2, 0.25) is 0 Å². The lowest BCUT2D eigenvalue weighted by molar-refractivity contribution is -0.688. The Balaban J connectivity index is 1.61. The van der Waals surface area contributed by atoms with E-state index in [1.807, 2.05) is 37.4 Å². The number of aryl methyl sites for hydroxylation is 2. The van der Waals surface area contributed by atoms with E-state index in [-0.39, 0.29) is 18.6 Å². The molecule has 1 atom stereocenters. The molecule has 0 saturated carbocycles. The molecule has 0 radical (unpaired) electrons. The Labute approximate surface area is 208 Å². The fourth-order valence-electron chi connectivity index (χ4n) is 5.59. The predicted octanol–water partition coefficient (Wildman–Crippen LogP) is 3.42. The Morgan fingerprint density at radius 2 is 1.97 bits per heavy atom. The Morgan fingerprint density at radius 3 is 2.75 bits per heavy atom. The van der Waals surface area contributed by atoms with Crippen molar-refractivity contribution in [1.29, 1.82) is 0 Å². The number of fused-ring (bicyclic) bond motifs is 5. The van der Waals surface area contributed by atoms with Gasteiger partial charge >= 0.3 is 5.97 Å². The molecule has 182 valence electrons. The maximum atomic E-state index is 13.7. The lowest BCUT2D eigenvalue weighted by Gasteiger charge is -2.26. The first kappa shape index (κ1) is 22.6. The van der Waals surface area contributed by atoms with Crippen molar-refractivity contribution in [2.24, 2.45) is 0 Å². The smallest absolute Gasteiger partial charge is 0.309 e. The van der Waals surface area contributed by atoms with Crippen LogP contribution >= 0.6 is 0 Å². The molecular weight excluding hydrogens is 454 g/mol. The van der Waals surface area contributed by atoms with Crippen molar-refractivity contribution in [3.05, 3.63) is 92.5 Å². The Morgan fingerprint density at radius 1 is 1.14 bits per heavy atom. The molecule has 3 aromatic heterocycles. The molecular formula is C29H28N3O4+. The average molecular weight is 483 g/mol. The van der Waals surface area contributed by atoms with Crippen LogP contribution in [0.5, 0.6) is 0 Å². The Hall–Kier alpha value is -3.84. The summed E-state index contributed by atoms with van der Waals surface area (Å²) in [5.41, 5.74) is 5.87. The van der Waals surface area contributed by atoms with Crippen molar-refractivity contribution in [1.82, 2.24) is 9.55 Å². The van der Waals surface area contributed by atoms with Gasteiger partial charge in [0.1, 0.15) is 12.2 Å². The zero-order chi connectivity index (χ0) is 25.2. The summed E-state index contributed by atoms with van der Waals surface area (Å²) in [6.07, 6.45) is 4.28. The summed E-state index contributed by atoms with van der Waals surface area (Å²) in [5, 5.41) is 12.5. The number of hydrogen-bond acceptors (Lipinski definition) is 5.